The van der Waals surface area contributed by atoms with Gasteiger partial charge in [-0.1, -0.05) is 227 Å². The van der Waals surface area contributed by atoms with Gasteiger partial charge in [0.2, 0.25) is 0 Å². The second-order valence-electron chi connectivity index (χ2n) is 17.4. The predicted octanol–water partition coefficient (Wildman–Crippen LogP) is 17.8. The van der Waals surface area contributed by atoms with Crippen molar-refractivity contribution in [1.29, 1.82) is 0 Å². The molecule has 0 bridgehead atoms. The molecule has 1 atom stereocenters. The van der Waals surface area contributed by atoms with Crippen LogP contribution in [0.1, 0.15) is 239 Å². The molecule has 0 saturated carbocycles. The quantitative estimate of drug-likeness (QED) is 0.0262. The van der Waals surface area contributed by atoms with Crippen LogP contribution >= 0.6 is 0 Å². The summed E-state index contributed by atoms with van der Waals surface area (Å²) in [7, 11) is 0. The van der Waals surface area contributed by atoms with E-state index in [-0.39, 0.29) is 37.5 Å². The van der Waals surface area contributed by atoms with Crippen LogP contribution in [0.25, 0.3) is 0 Å². The summed E-state index contributed by atoms with van der Waals surface area (Å²) < 4.78 is 16.7. The van der Waals surface area contributed by atoms with Gasteiger partial charge in [-0.3, -0.25) is 14.4 Å². The van der Waals surface area contributed by atoms with Gasteiger partial charge in [0.1, 0.15) is 13.2 Å². The van der Waals surface area contributed by atoms with Gasteiger partial charge < -0.3 is 14.2 Å². The van der Waals surface area contributed by atoms with Gasteiger partial charge >= 0.3 is 17.9 Å². The Balaban J connectivity index is 4.47. The monoisotopic (exact) mass is 903 g/mol. The summed E-state index contributed by atoms with van der Waals surface area (Å²) in [5, 5.41) is 0. The third-order valence-corrected chi connectivity index (χ3v) is 11.1. The van der Waals surface area contributed by atoms with Gasteiger partial charge in [-0.05, 0) is 89.9 Å². The first kappa shape index (κ1) is 61.3. The molecule has 370 valence electrons. The lowest BCUT2D eigenvalue weighted by Gasteiger charge is -2.18. The van der Waals surface area contributed by atoms with Crippen molar-refractivity contribution in [2.24, 2.45) is 0 Å². The Bertz CT molecular complexity index is 1310. The topological polar surface area (TPSA) is 78.9 Å². The fourth-order valence-corrected chi connectivity index (χ4v) is 7.14. The molecule has 6 heteroatoms. The number of carbonyl (C=O) groups excluding carboxylic acids is 3. The summed E-state index contributed by atoms with van der Waals surface area (Å²) in [4.78, 5) is 38.0. The summed E-state index contributed by atoms with van der Waals surface area (Å²) >= 11 is 0. The first-order valence-corrected chi connectivity index (χ1v) is 26.7. The Kier molecular flexibility index (Phi) is 50.0. The highest BCUT2D eigenvalue weighted by Gasteiger charge is 2.19. The van der Waals surface area contributed by atoms with E-state index >= 15 is 0 Å². The molecule has 0 spiro atoms. The zero-order chi connectivity index (χ0) is 47.2. The predicted molar refractivity (Wildman–Crippen MR) is 279 cm³/mol. The number of hydrogen-bond donors (Lipinski definition) is 0. The highest BCUT2D eigenvalue weighted by atomic mass is 16.6. The normalized spacial score (nSPS) is 12.8. The van der Waals surface area contributed by atoms with Crippen molar-refractivity contribution in [3.05, 3.63) is 97.2 Å². The molecule has 0 saturated heterocycles. The second kappa shape index (κ2) is 52.9. The van der Waals surface area contributed by atoms with Crippen molar-refractivity contribution < 1.29 is 28.6 Å². The molecule has 0 aromatic carbocycles. The Morgan fingerprint density at radius 3 is 0.985 bits per heavy atom. The van der Waals surface area contributed by atoms with Gasteiger partial charge in [-0.2, -0.15) is 0 Å². The Hall–Kier alpha value is -3.67. The number of rotatable bonds is 47. The second-order valence-corrected chi connectivity index (χ2v) is 17.4. The van der Waals surface area contributed by atoms with Gasteiger partial charge in [-0.25, -0.2) is 0 Å². The Morgan fingerprint density at radius 1 is 0.323 bits per heavy atom. The largest absolute Gasteiger partial charge is 0.462 e. The number of unbranched alkanes of at least 4 members (excludes halogenated alkanes) is 20. The van der Waals surface area contributed by atoms with E-state index in [2.05, 4.69) is 118 Å². The fraction of sp³-hybridized carbons (Fsp3) is 0.678. The molecule has 1 unspecified atom stereocenters. The van der Waals surface area contributed by atoms with Crippen molar-refractivity contribution in [3.63, 3.8) is 0 Å². The summed E-state index contributed by atoms with van der Waals surface area (Å²) in [5.41, 5.74) is 0. The summed E-state index contributed by atoms with van der Waals surface area (Å²) in [5.74, 6) is -1.01. The van der Waals surface area contributed by atoms with E-state index in [9.17, 15) is 14.4 Å². The van der Waals surface area contributed by atoms with Crippen molar-refractivity contribution in [1.82, 2.24) is 0 Å². The minimum atomic E-state index is -0.821. The average molecular weight is 903 g/mol. The van der Waals surface area contributed by atoms with Crippen LogP contribution in [0.3, 0.4) is 0 Å². The molecular formula is C59H98O6. The first-order valence-electron chi connectivity index (χ1n) is 26.7. The van der Waals surface area contributed by atoms with Crippen LogP contribution in [-0.4, -0.2) is 37.2 Å². The van der Waals surface area contributed by atoms with Gasteiger partial charge in [-0.15, -0.1) is 0 Å². The number of esters is 3. The minimum absolute atomic E-state index is 0.111. The zero-order valence-corrected chi connectivity index (χ0v) is 42.2. The van der Waals surface area contributed by atoms with Gasteiger partial charge in [0, 0.05) is 19.3 Å². The van der Waals surface area contributed by atoms with Crippen molar-refractivity contribution in [3.8, 4) is 0 Å². The van der Waals surface area contributed by atoms with E-state index in [0.29, 0.717) is 19.3 Å². The molecule has 0 fully saturated rings. The lowest BCUT2D eigenvalue weighted by molar-refractivity contribution is -0.167. The molecule has 0 aliphatic carbocycles. The zero-order valence-electron chi connectivity index (χ0n) is 42.2. The Labute approximate surface area is 400 Å². The number of allylic oxidation sites excluding steroid dienone is 16. The lowest BCUT2D eigenvalue weighted by Crippen LogP contribution is -2.30. The fourth-order valence-electron chi connectivity index (χ4n) is 7.14. The van der Waals surface area contributed by atoms with E-state index < -0.39 is 6.10 Å². The third kappa shape index (κ3) is 51.2. The van der Waals surface area contributed by atoms with Crippen LogP contribution in [0.2, 0.25) is 0 Å². The van der Waals surface area contributed by atoms with E-state index in [0.717, 1.165) is 96.3 Å². The number of hydrogen-bond acceptors (Lipinski definition) is 6. The number of ether oxygens (including phenoxy) is 3. The maximum absolute atomic E-state index is 12.8. The molecule has 0 aliphatic rings. The standard InChI is InChI=1S/C59H98O6/c1-4-7-10-13-16-19-22-25-27-29-31-32-34-37-40-43-46-49-52-58(61)64-55-56(54-63-57(60)51-48-45-42-39-36-24-21-18-15-12-9-6-3)65-59(62)53-50-47-44-41-38-35-33-30-28-26-23-20-17-14-11-8-5-2/h8-9,11-12,17-18,20-21,26,28,33,35-36,39,41,44,56H,4-7,10,13-16,19,22-25,27,29-32,34,37-38,40,42-43,45-55H2,1-3H3/b11-8-,12-9-,20-17-,21-18-,28-26-,35-33-,39-36-,44-41-. The van der Waals surface area contributed by atoms with Crippen LogP contribution in [0, 0.1) is 0 Å². The molecule has 0 N–H and O–H groups in total. The SMILES string of the molecule is CC/C=C\C/C=C\C/C=C\C/C=C\C/C=C\CCCC(=O)OC(COC(=O)CCCC/C=C\C/C=C\C/C=C\CC)COC(=O)CCCCCCCCCCCCCCCCCCCC. The van der Waals surface area contributed by atoms with Gasteiger partial charge in [0.05, 0.1) is 0 Å². The molecule has 0 aromatic rings. The van der Waals surface area contributed by atoms with E-state index in [1.165, 1.54) is 96.3 Å². The van der Waals surface area contributed by atoms with Crippen molar-refractivity contribution in [2.45, 2.75) is 245 Å². The minimum Gasteiger partial charge on any atom is -0.462 e. The molecule has 0 amide bonds. The number of carbonyl (C=O) groups is 3. The van der Waals surface area contributed by atoms with E-state index in [1.54, 1.807) is 0 Å². The molecule has 0 radical (unpaired) electrons. The van der Waals surface area contributed by atoms with Crippen LogP contribution in [0.4, 0.5) is 0 Å². The molecule has 0 aliphatic heterocycles. The third-order valence-electron chi connectivity index (χ3n) is 11.1. The van der Waals surface area contributed by atoms with Gasteiger partial charge in [0.15, 0.2) is 6.10 Å². The summed E-state index contributed by atoms with van der Waals surface area (Å²) in [6.07, 6.45) is 69.8. The van der Waals surface area contributed by atoms with Crippen LogP contribution in [-0.2, 0) is 28.6 Å². The molecule has 0 rings (SSSR count). The van der Waals surface area contributed by atoms with Gasteiger partial charge in [0.25, 0.3) is 0 Å². The van der Waals surface area contributed by atoms with E-state index in [1.807, 2.05) is 0 Å². The van der Waals surface area contributed by atoms with Crippen LogP contribution < -0.4 is 0 Å². The first-order chi connectivity index (χ1) is 32.0. The highest BCUT2D eigenvalue weighted by Crippen LogP contribution is 2.15. The smallest absolute Gasteiger partial charge is 0.306 e. The van der Waals surface area contributed by atoms with Crippen LogP contribution in [0.15, 0.2) is 97.2 Å². The van der Waals surface area contributed by atoms with E-state index in [4.69, 9.17) is 14.2 Å². The van der Waals surface area contributed by atoms with Crippen molar-refractivity contribution in [2.75, 3.05) is 13.2 Å². The molecule has 6 nitrogen and oxygen atoms in total. The molecule has 65 heavy (non-hydrogen) atoms. The average Bonchev–Trinajstić information content (AvgIpc) is 3.30. The molecular weight excluding hydrogens is 805 g/mol. The highest BCUT2D eigenvalue weighted by molar-refractivity contribution is 5.71. The lowest BCUT2D eigenvalue weighted by atomic mass is 10.0. The summed E-state index contributed by atoms with van der Waals surface area (Å²) in [6.45, 7) is 6.33. The van der Waals surface area contributed by atoms with Crippen LogP contribution in [0.5, 0.6) is 0 Å². The summed E-state index contributed by atoms with van der Waals surface area (Å²) in [6, 6.07) is 0. The Morgan fingerprint density at radius 2 is 0.615 bits per heavy atom. The maximum atomic E-state index is 12.8. The van der Waals surface area contributed by atoms with Crippen molar-refractivity contribution >= 4 is 17.9 Å². The maximum Gasteiger partial charge on any atom is 0.306 e. The molecule has 0 heterocycles. The molecule has 0 aromatic heterocycles.